The molecular formula is C14H20N2O3. The van der Waals surface area contributed by atoms with Crippen molar-refractivity contribution >= 4 is 17.5 Å². The molecule has 104 valence electrons. The van der Waals surface area contributed by atoms with Gasteiger partial charge in [0.1, 0.15) is 5.75 Å². The first-order valence-electron chi connectivity index (χ1n) is 6.13. The van der Waals surface area contributed by atoms with Gasteiger partial charge in [0, 0.05) is 0 Å². The van der Waals surface area contributed by atoms with E-state index in [1.54, 1.807) is 12.1 Å². The molecule has 1 aromatic rings. The number of primary amides is 1. The number of anilines is 1. The largest absolute Gasteiger partial charge is 0.492 e. The standard InChI is InChI=1S/C14H20N2O3/c1-5-19-11-7-6-9(14(2,3)4)8-10(11)16-13(18)12(15)17/h6-8H,5H2,1-4H3,(H2,15,17)(H,16,18). The minimum Gasteiger partial charge on any atom is -0.492 e. The summed E-state index contributed by atoms with van der Waals surface area (Å²) in [5, 5.41) is 2.47. The van der Waals surface area contributed by atoms with E-state index in [-0.39, 0.29) is 5.41 Å². The summed E-state index contributed by atoms with van der Waals surface area (Å²) in [5.74, 6) is -1.36. The Balaban J connectivity index is 3.15. The minimum atomic E-state index is -1.02. The second-order valence-electron chi connectivity index (χ2n) is 5.21. The lowest BCUT2D eigenvalue weighted by atomic mass is 9.87. The van der Waals surface area contributed by atoms with E-state index in [4.69, 9.17) is 10.5 Å². The maximum atomic E-state index is 11.4. The van der Waals surface area contributed by atoms with Crippen molar-refractivity contribution in [2.45, 2.75) is 33.1 Å². The summed E-state index contributed by atoms with van der Waals surface area (Å²) in [6.07, 6.45) is 0. The fourth-order valence-electron chi connectivity index (χ4n) is 1.56. The lowest BCUT2D eigenvalue weighted by molar-refractivity contribution is -0.134. The number of rotatable bonds is 3. The highest BCUT2D eigenvalue weighted by Gasteiger charge is 2.18. The Hall–Kier alpha value is -2.04. The van der Waals surface area contributed by atoms with E-state index in [1.165, 1.54) is 0 Å². The Labute approximate surface area is 113 Å². The molecule has 0 spiro atoms. The molecule has 5 heteroatoms. The van der Waals surface area contributed by atoms with Crippen molar-refractivity contribution < 1.29 is 14.3 Å². The van der Waals surface area contributed by atoms with Crippen LogP contribution in [0.1, 0.15) is 33.3 Å². The van der Waals surface area contributed by atoms with Gasteiger partial charge in [-0.1, -0.05) is 26.8 Å². The van der Waals surface area contributed by atoms with Gasteiger partial charge < -0.3 is 15.8 Å². The van der Waals surface area contributed by atoms with Crippen molar-refractivity contribution in [1.82, 2.24) is 0 Å². The van der Waals surface area contributed by atoms with E-state index in [0.29, 0.717) is 18.0 Å². The number of carbonyl (C=O) groups is 2. The van der Waals surface area contributed by atoms with Gasteiger partial charge in [-0.25, -0.2) is 0 Å². The molecule has 0 fully saturated rings. The molecule has 1 rings (SSSR count). The Morgan fingerprint density at radius 3 is 2.42 bits per heavy atom. The molecule has 0 unspecified atom stereocenters. The molecule has 19 heavy (non-hydrogen) atoms. The summed E-state index contributed by atoms with van der Waals surface area (Å²) in [4.78, 5) is 22.2. The average Bonchev–Trinajstić information content (AvgIpc) is 2.30. The number of ether oxygens (including phenoxy) is 1. The highest BCUT2D eigenvalue weighted by atomic mass is 16.5. The monoisotopic (exact) mass is 264 g/mol. The van der Waals surface area contributed by atoms with E-state index in [0.717, 1.165) is 5.56 Å². The van der Waals surface area contributed by atoms with Crippen LogP contribution in [-0.4, -0.2) is 18.4 Å². The smallest absolute Gasteiger partial charge is 0.313 e. The molecule has 0 saturated heterocycles. The molecular weight excluding hydrogens is 244 g/mol. The first kappa shape index (κ1) is 15.0. The molecule has 3 N–H and O–H groups in total. The number of hydrogen-bond acceptors (Lipinski definition) is 3. The van der Waals surface area contributed by atoms with Gasteiger partial charge in [-0.2, -0.15) is 0 Å². The lowest BCUT2D eigenvalue weighted by Gasteiger charge is -2.21. The van der Waals surface area contributed by atoms with Gasteiger partial charge in [0.15, 0.2) is 0 Å². The van der Waals surface area contributed by atoms with Gasteiger partial charge in [-0.05, 0) is 30.0 Å². The number of hydrogen-bond donors (Lipinski definition) is 2. The first-order valence-corrected chi connectivity index (χ1v) is 6.13. The third-order valence-electron chi connectivity index (χ3n) is 2.62. The van der Waals surface area contributed by atoms with Crippen molar-refractivity contribution in [1.29, 1.82) is 0 Å². The fourth-order valence-corrected chi connectivity index (χ4v) is 1.56. The van der Waals surface area contributed by atoms with E-state index in [9.17, 15) is 9.59 Å². The molecule has 0 heterocycles. The van der Waals surface area contributed by atoms with Crippen molar-refractivity contribution in [3.8, 4) is 5.75 Å². The van der Waals surface area contributed by atoms with Crippen molar-refractivity contribution in [3.63, 3.8) is 0 Å². The molecule has 0 aromatic heterocycles. The van der Waals surface area contributed by atoms with Gasteiger partial charge in [0.25, 0.3) is 0 Å². The minimum absolute atomic E-state index is 0.0725. The fraction of sp³-hybridized carbons (Fsp3) is 0.429. The van der Waals surface area contributed by atoms with Gasteiger partial charge in [0.05, 0.1) is 12.3 Å². The van der Waals surface area contributed by atoms with E-state index >= 15 is 0 Å². The second-order valence-corrected chi connectivity index (χ2v) is 5.21. The zero-order valence-corrected chi connectivity index (χ0v) is 11.7. The Morgan fingerprint density at radius 1 is 1.32 bits per heavy atom. The van der Waals surface area contributed by atoms with Gasteiger partial charge in [-0.15, -0.1) is 0 Å². The van der Waals surface area contributed by atoms with Gasteiger partial charge in [0.2, 0.25) is 0 Å². The predicted molar refractivity (Wildman–Crippen MR) is 74.1 cm³/mol. The second kappa shape index (κ2) is 5.73. The number of amides is 2. The van der Waals surface area contributed by atoms with Crippen LogP contribution in [0.4, 0.5) is 5.69 Å². The summed E-state index contributed by atoms with van der Waals surface area (Å²) in [6, 6.07) is 5.51. The van der Waals surface area contributed by atoms with Crippen LogP contribution in [0.2, 0.25) is 0 Å². The summed E-state index contributed by atoms with van der Waals surface area (Å²) in [5.41, 5.74) is 6.35. The number of benzene rings is 1. The third-order valence-corrected chi connectivity index (χ3v) is 2.62. The summed E-state index contributed by atoms with van der Waals surface area (Å²) in [7, 11) is 0. The van der Waals surface area contributed by atoms with Crippen LogP contribution in [0.15, 0.2) is 18.2 Å². The molecule has 0 bridgehead atoms. The molecule has 0 saturated carbocycles. The summed E-state index contributed by atoms with van der Waals surface area (Å²) in [6.45, 7) is 8.48. The van der Waals surface area contributed by atoms with E-state index in [2.05, 4.69) is 26.1 Å². The van der Waals surface area contributed by atoms with Crippen molar-refractivity contribution in [2.24, 2.45) is 5.73 Å². The van der Waals surface area contributed by atoms with Crippen LogP contribution in [0.3, 0.4) is 0 Å². The third kappa shape index (κ3) is 3.98. The molecule has 1 aromatic carbocycles. The molecule has 2 amide bonds. The Kier molecular flexibility index (Phi) is 4.53. The van der Waals surface area contributed by atoms with Crippen LogP contribution < -0.4 is 15.8 Å². The zero-order valence-electron chi connectivity index (χ0n) is 11.7. The lowest BCUT2D eigenvalue weighted by Crippen LogP contribution is -2.29. The van der Waals surface area contributed by atoms with Crippen LogP contribution in [0, 0.1) is 0 Å². The molecule has 0 aliphatic rings. The number of carbonyl (C=O) groups excluding carboxylic acids is 2. The molecule has 0 aliphatic carbocycles. The van der Waals surface area contributed by atoms with Crippen LogP contribution in [0.5, 0.6) is 5.75 Å². The molecule has 0 radical (unpaired) electrons. The Bertz CT molecular complexity index is 490. The predicted octanol–water partition coefficient (Wildman–Crippen LogP) is 1.81. The van der Waals surface area contributed by atoms with Crippen LogP contribution >= 0.6 is 0 Å². The SMILES string of the molecule is CCOc1ccc(C(C)(C)C)cc1NC(=O)C(N)=O. The quantitative estimate of drug-likeness (QED) is 0.817. The van der Waals surface area contributed by atoms with Crippen LogP contribution in [0.25, 0.3) is 0 Å². The maximum Gasteiger partial charge on any atom is 0.313 e. The van der Waals surface area contributed by atoms with Crippen molar-refractivity contribution in [3.05, 3.63) is 23.8 Å². The highest BCUT2D eigenvalue weighted by Crippen LogP contribution is 2.31. The first-order chi connectivity index (χ1) is 8.75. The maximum absolute atomic E-state index is 11.4. The normalized spacial score (nSPS) is 10.9. The molecule has 0 atom stereocenters. The van der Waals surface area contributed by atoms with Crippen LogP contribution in [-0.2, 0) is 15.0 Å². The van der Waals surface area contributed by atoms with E-state index in [1.807, 2.05) is 13.0 Å². The van der Waals surface area contributed by atoms with Crippen molar-refractivity contribution in [2.75, 3.05) is 11.9 Å². The summed E-state index contributed by atoms with van der Waals surface area (Å²) >= 11 is 0. The van der Waals surface area contributed by atoms with E-state index < -0.39 is 11.8 Å². The summed E-state index contributed by atoms with van der Waals surface area (Å²) < 4.78 is 5.42. The number of nitrogens with two attached hydrogens (primary N) is 1. The molecule has 5 nitrogen and oxygen atoms in total. The van der Waals surface area contributed by atoms with Gasteiger partial charge in [-0.3, -0.25) is 9.59 Å². The Morgan fingerprint density at radius 2 is 1.95 bits per heavy atom. The topological polar surface area (TPSA) is 81.4 Å². The average molecular weight is 264 g/mol. The van der Waals surface area contributed by atoms with Gasteiger partial charge >= 0.3 is 11.8 Å². The molecule has 0 aliphatic heterocycles. The zero-order chi connectivity index (χ0) is 14.6. The highest BCUT2D eigenvalue weighted by molar-refractivity contribution is 6.39. The number of nitrogens with one attached hydrogen (secondary N) is 1.